The molecule has 4 rings (SSSR count). The van der Waals surface area contributed by atoms with Gasteiger partial charge >= 0.3 is 0 Å². The molecule has 1 saturated heterocycles. The number of carbonyl (C=O) groups is 2. The number of amides is 2. The van der Waals surface area contributed by atoms with Crippen LogP contribution < -0.4 is 21.1 Å². The van der Waals surface area contributed by atoms with E-state index in [0.717, 1.165) is 19.5 Å². The third-order valence-electron chi connectivity index (χ3n) is 5.78. The molecule has 168 valence electrons. The highest BCUT2D eigenvalue weighted by Crippen LogP contribution is 2.32. The van der Waals surface area contributed by atoms with Crippen LogP contribution >= 0.6 is 0 Å². The molecule has 1 fully saturated rings. The summed E-state index contributed by atoms with van der Waals surface area (Å²) in [5.41, 5.74) is -0.759. The third kappa shape index (κ3) is 4.18. The number of aromatic nitrogens is 2. The summed E-state index contributed by atoms with van der Waals surface area (Å²) in [6.07, 6.45) is 0.817. The predicted molar refractivity (Wildman–Crippen MR) is 118 cm³/mol. The van der Waals surface area contributed by atoms with Crippen LogP contribution in [0.3, 0.4) is 0 Å². The van der Waals surface area contributed by atoms with Gasteiger partial charge in [-0.1, -0.05) is 26.0 Å². The van der Waals surface area contributed by atoms with Crippen molar-refractivity contribution in [3.05, 3.63) is 50.3 Å². The van der Waals surface area contributed by atoms with Gasteiger partial charge in [-0.25, -0.2) is 0 Å². The molecular weight excluding hydrogens is 416 g/mol. The second-order valence-corrected chi connectivity index (χ2v) is 8.57. The summed E-state index contributed by atoms with van der Waals surface area (Å²) >= 11 is 0. The number of anilines is 3. The number of nitrogens with one attached hydrogen (secondary N) is 3. The predicted octanol–water partition coefficient (Wildman–Crippen LogP) is 2.22. The molecule has 3 heterocycles. The van der Waals surface area contributed by atoms with Crippen molar-refractivity contribution in [2.75, 3.05) is 28.6 Å². The zero-order valence-electron chi connectivity index (χ0n) is 17.8. The van der Waals surface area contributed by atoms with Gasteiger partial charge in [0, 0.05) is 25.6 Å². The van der Waals surface area contributed by atoms with Gasteiger partial charge in [0.25, 0.3) is 11.2 Å². The normalized spacial score (nSPS) is 22.6. The van der Waals surface area contributed by atoms with E-state index in [9.17, 15) is 24.5 Å². The van der Waals surface area contributed by atoms with Gasteiger partial charge in [0.05, 0.1) is 16.4 Å². The van der Waals surface area contributed by atoms with E-state index < -0.39 is 28.2 Å². The van der Waals surface area contributed by atoms with Crippen LogP contribution in [0.4, 0.5) is 23.1 Å². The van der Waals surface area contributed by atoms with Crippen molar-refractivity contribution in [1.29, 1.82) is 0 Å². The summed E-state index contributed by atoms with van der Waals surface area (Å²) in [7, 11) is 0. The quantitative estimate of drug-likeness (QED) is 0.487. The number of nitro groups is 1. The van der Waals surface area contributed by atoms with Crippen molar-refractivity contribution in [2.24, 2.45) is 11.8 Å². The Morgan fingerprint density at radius 3 is 2.59 bits per heavy atom. The number of rotatable bonds is 4. The van der Waals surface area contributed by atoms with E-state index in [1.54, 1.807) is 6.07 Å². The van der Waals surface area contributed by atoms with E-state index in [-0.39, 0.29) is 29.2 Å². The second-order valence-electron chi connectivity index (χ2n) is 8.57. The molecule has 32 heavy (non-hydrogen) atoms. The van der Waals surface area contributed by atoms with Crippen LogP contribution in [0.1, 0.15) is 38.2 Å². The molecule has 3 unspecified atom stereocenters. The fourth-order valence-corrected chi connectivity index (χ4v) is 4.53. The first-order valence-corrected chi connectivity index (χ1v) is 10.5. The first kappa shape index (κ1) is 21.5. The Morgan fingerprint density at radius 2 is 1.91 bits per heavy atom. The lowest BCUT2D eigenvalue weighted by Crippen LogP contribution is -2.42. The summed E-state index contributed by atoms with van der Waals surface area (Å²) < 4.78 is 0. The summed E-state index contributed by atoms with van der Waals surface area (Å²) in [4.78, 5) is 58.1. The third-order valence-corrected chi connectivity index (χ3v) is 5.78. The Labute approximate surface area is 183 Å². The van der Waals surface area contributed by atoms with Crippen LogP contribution in [0.25, 0.3) is 0 Å². The lowest BCUT2D eigenvalue weighted by atomic mass is 9.91. The average Bonchev–Trinajstić information content (AvgIpc) is 2.72. The minimum Gasteiger partial charge on any atom is -0.342 e. The number of aromatic amines is 1. The highest BCUT2D eigenvalue weighted by Gasteiger charge is 2.36. The van der Waals surface area contributed by atoms with E-state index in [1.165, 1.54) is 18.2 Å². The lowest BCUT2D eigenvalue weighted by molar-refractivity contribution is -0.383. The summed E-state index contributed by atoms with van der Waals surface area (Å²) in [5, 5.41) is 16.3. The van der Waals surface area contributed by atoms with Gasteiger partial charge in [0.2, 0.25) is 17.8 Å². The molecule has 2 aliphatic heterocycles. The number of piperidine rings is 1. The molecule has 0 spiro atoms. The number of nitrogens with zero attached hydrogens (tertiary/aromatic N) is 3. The zero-order chi connectivity index (χ0) is 23.0. The highest BCUT2D eigenvalue weighted by atomic mass is 16.6. The van der Waals surface area contributed by atoms with Crippen LogP contribution in [0, 0.1) is 22.0 Å². The number of para-hydroxylation sites is 2. The Kier molecular flexibility index (Phi) is 5.64. The maximum atomic E-state index is 13.0. The molecular formula is C21H24N6O5. The van der Waals surface area contributed by atoms with Gasteiger partial charge in [-0.2, -0.15) is 4.98 Å². The van der Waals surface area contributed by atoms with Gasteiger partial charge in [0.1, 0.15) is 11.5 Å². The van der Waals surface area contributed by atoms with Crippen molar-refractivity contribution in [1.82, 2.24) is 9.97 Å². The molecule has 2 amide bonds. The van der Waals surface area contributed by atoms with Gasteiger partial charge < -0.3 is 15.5 Å². The SMILES string of the molecule is CC1CC(C)CN(c2nc3c(c(=O)[nH]2)C(C(=O)Nc2ccccc2[N+](=O)[O-])CC(=O)N3)C1. The summed E-state index contributed by atoms with van der Waals surface area (Å²) in [6, 6.07) is 5.68. The van der Waals surface area contributed by atoms with Gasteiger partial charge in [-0.3, -0.25) is 29.5 Å². The Hall–Kier alpha value is -3.76. The number of hydrogen-bond donors (Lipinski definition) is 3. The molecule has 2 aromatic rings. The van der Waals surface area contributed by atoms with Crippen molar-refractivity contribution in [2.45, 2.75) is 32.6 Å². The average molecular weight is 440 g/mol. The van der Waals surface area contributed by atoms with Crippen LogP contribution in [0.5, 0.6) is 0 Å². The van der Waals surface area contributed by atoms with Crippen molar-refractivity contribution in [3.8, 4) is 0 Å². The molecule has 0 aliphatic carbocycles. The van der Waals surface area contributed by atoms with E-state index >= 15 is 0 Å². The topological polar surface area (TPSA) is 150 Å². The number of fused-ring (bicyclic) bond motifs is 1. The first-order chi connectivity index (χ1) is 15.2. The number of hydrogen-bond acceptors (Lipinski definition) is 7. The van der Waals surface area contributed by atoms with E-state index in [0.29, 0.717) is 17.8 Å². The van der Waals surface area contributed by atoms with Gasteiger partial charge in [-0.15, -0.1) is 0 Å². The lowest BCUT2D eigenvalue weighted by Gasteiger charge is -2.35. The van der Waals surface area contributed by atoms with Crippen molar-refractivity contribution < 1.29 is 14.5 Å². The summed E-state index contributed by atoms with van der Waals surface area (Å²) in [6.45, 7) is 5.71. The Bertz CT molecular complexity index is 1140. The second kappa shape index (κ2) is 8.40. The number of benzene rings is 1. The largest absolute Gasteiger partial charge is 0.342 e. The maximum absolute atomic E-state index is 13.0. The van der Waals surface area contributed by atoms with Crippen LogP contribution in [-0.4, -0.2) is 39.8 Å². The molecule has 0 saturated carbocycles. The molecule has 1 aromatic carbocycles. The molecule has 11 nitrogen and oxygen atoms in total. The minimum absolute atomic E-state index is 0.00710. The fraction of sp³-hybridized carbons (Fsp3) is 0.429. The monoisotopic (exact) mass is 440 g/mol. The van der Waals surface area contributed by atoms with E-state index in [1.807, 2.05) is 4.90 Å². The first-order valence-electron chi connectivity index (χ1n) is 10.5. The van der Waals surface area contributed by atoms with Crippen molar-refractivity contribution in [3.63, 3.8) is 0 Å². The minimum atomic E-state index is -1.12. The van der Waals surface area contributed by atoms with Gasteiger partial charge in [-0.05, 0) is 24.3 Å². The smallest absolute Gasteiger partial charge is 0.292 e. The number of nitro benzene ring substituents is 1. The molecule has 2 aliphatic rings. The molecule has 0 bridgehead atoms. The van der Waals surface area contributed by atoms with E-state index in [4.69, 9.17) is 0 Å². The Balaban J connectivity index is 1.66. The molecule has 0 radical (unpaired) electrons. The zero-order valence-corrected chi connectivity index (χ0v) is 17.8. The molecule has 3 atom stereocenters. The summed E-state index contributed by atoms with van der Waals surface area (Å²) in [5.74, 6) is -1.01. The molecule has 3 N–H and O–H groups in total. The number of H-pyrrole nitrogens is 1. The highest BCUT2D eigenvalue weighted by molar-refractivity contribution is 6.05. The maximum Gasteiger partial charge on any atom is 0.292 e. The van der Waals surface area contributed by atoms with Crippen LogP contribution in [0.15, 0.2) is 29.1 Å². The van der Waals surface area contributed by atoms with Gasteiger partial charge in [0.15, 0.2) is 0 Å². The van der Waals surface area contributed by atoms with E-state index in [2.05, 4.69) is 34.4 Å². The van der Waals surface area contributed by atoms with Crippen LogP contribution in [0.2, 0.25) is 0 Å². The fourth-order valence-electron chi connectivity index (χ4n) is 4.53. The molecule has 11 heteroatoms. The number of carbonyl (C=O) groups excluding carboxylic acids is 2. The van der Waals surface area contributed by atoms with Crippen LogP contribution in [-0.2, 0) is 9.59 Å². The molecule has 1 aromatic heterocycles. The standard InChI is InChI=1S/C21H24N6O5/c1-11-7-12(2)10-26(9-11)21-24-18-17(20(30)25-21)13(8-16(28)23-18)19(29)22-14-5-3-4-6-15(14)27(31)32/h3-6,11-13H,7-10H2,1-2H3,(H,22,29)(H2,23,24,25,28,30). The van der Waals surface area contributed by atoms with Crippen molar-refractivity contribution >= 4 is 35.0 Å². The Morgan fingerprint density at radius 1 is 1.22 bits per heavy atom.